The summed E-state index contributed by atoms with van der Waals surface area (Å²) in [6.07, 6.45) is 0.873. The van der Waals surface area contributed by atoms with Gasteiger partial charge in [-0.2, -0.15) is 0 Å². The van der Waals surface area contributed by atoms with Gasteiger partial charge in [-0.25, -0.2) is 8.42 Å². The Labute approximate surface area is 280 Å². The molecule has 0 aliphatic heterocycles. The zero-order valence-corrected chi connectivity index (χ0v) is 28.2. The molecule has 0 aliphatic carbocycles. The lowest BCUT2D eigenvalue weighted by molar-refractivity contribution is -0.140. The normalized spacial score (nSPS) is 12.5. The lowest BCUT2D eigenvalue weighted by Gasteiger charge is -2.34. The van der Waals surface area contributed by atoms with Crippen LogP contribution in [0.15, 0.2) is 108 Å². The maximum atomic E-state index is 14.6. The van der Waals surface area contributed by atoms with Gasteiger partial charge in [-0.3, -0.25) is 13.9 Å². The van der Waals surface area contributed by atoms with Gasteiger partial charge in [-0.15, -0.1) is 0 Å². The Hall–Kier alpha value is -4.05. The van der Waals surface area contributed by atoms with Crippen molar-refractivity contribution in [1.29, 1.82) is 0 Å². The van der Waals surface area contributed by atoms with Gasteiger partial charge in [0.2, 0.25) is 11.8 Å². The van der Waals surface area contributed by atoms with Crippen molar-refractivity contribution in [2.24, 2.45) is 0 Å². The van der Waals surface area contributed by atoms with Crippen molar-refractivity contribution in [3.8, 4) is 5.75 Å². The highest BCUT2D eigenvalue weighted by Crippen LogP contribution is 2.33. The van der Waals surface area contributed by atoms with E-state index in [4.69, 9.17) is 27.9 Å². The number of para-hydroxylation sites is 2. The van der Waals surface area contributed by atoms with Crippen LogP contribution in [0.25, 0.3) is 0 Å². The number of amides is 2. The second-order valence-corrected chi connectivity index (χ2v) is 13.5. The first-order valence-electron chi connectivity index (χ1n) is 14.8. The van der Waals surface area contributed by atoms with Gasteiger partial charge in [0, 0.05) is 19.0 Å². The first-order chi connectivity index (χ1) is 22.0. The number of halogens is 2. The fourth-order valence-electron chi connectivity index (χ4n) is 4.90. The lowest BCUT2D eigenvalue weighted by atomic mass is 10.0. The SMILES string of the molecule is CC[C@H](C)NC(=O)[C@@H](Cc1ccccc1)N(Cc1ccc(Cl)c(Cl)c1)C(=O)CN(c1ccccc1OC)S(=O)(=O)c1ccccc1. The topological polar surface area (TPSA) is 96.0 Å². The van der Waals surface area contributed by atoms with Crippen LogP contribution in [0.4, 0.5) is 5.69 Å². The number of ether oxygens (including phenoxy) is 1. The second kappa shape index (κ2) is 16.0. The largest absolute Gasteiger partial charge is 0.495 e. The van der Waals surface area contributed by atoms with E-state index in [2.05, 4.69) is 5.32 Å². The molecule has 4 aromatic carbocycles. The highest BCUT2D eigenvalue weighted by molar-refractivity contribution is 7.92. The number of methoxy groups -OCH3 is 1. The van der Waals surface area contributed by atoms with Crippen LogP contribution in [0.5, 0.6) is 5.75 Å². The molecular formula is C35H37Cl2N3O5S. The monoisotopic (exact) mass is 681 g/mol. The molecule has 0 heterocycles. The van der Waals surface area contributed by atoms with Gasteiger partial charge >= 0.3 is 0 Å². The van der Waals surface area contributed by atoms with Gasteiger partial charge in [-0.05, 0) is 60.9 Å². The zero-order chi connectivity index (χ0) is 33.3. The Kier molecular flexibility index (Phi) is 12.1. The molecule has 2 atom stereocenters. The van der Waals surface area contributed by atoms with E-state index in [0.29, 0.717) is 17.0 Å². The molecule has 0 saturated carbocycles. The Balaban J connectivity index is 1.84. The number of nitrogens with one attached hydrogen (secondary N) is 1. The van der Waals surface area contributed by atoms with E-state index in [1.54, 1.807) is 60.7 Å². The van der Waals surface area contributed by atoms with E-state index >= 15 is 0 Å². The van der Waals surface area contributed by atoms with Crippen LogP contribution < -0.4 is 14.4 Å². The van der Waals surface area contributed by atoms with Gasteiger partial charge in [0.15, 0.2) is 0 Å². The smallest absolute Gasteiger partial charge is 0.264 e. The molecule has 0 spiro atoms. The van der Waals surface area contributed by atoms with E-state index in [1.807, 2.05) is 44.2 Å². The van der Waals surface area contributed by atoms with Crippen LogP contribution in [-0.2, 0) is 32.6 Å². The minimum Gasteiger partial charge on any atom is -0.495 e. The summed E-state index contributed by atoms with van der Waals surface area (Å²) in [6.45, 7) is 3.20. The third kappa shape index (κ3) is 8.60. The Morgan fingerprint density at radius 2 is 1.48 bits per heavy atom. The molecule has 242 valence electrons. The molecule has 0 aromatic heterocycles. The number of hydrogen-bond donors (Lipinski definition) is 1. The molecule has 8 nitrogen and oxygen atoms in total. The zero-order valence-electron chi connectivity index (χ0n) is 25.9. The van der Waals surface area contributed by atoms with Gasteiger partial charge in [0.05, 0.1) is 27.7 Å². The number of anilines is 1. The molecule has 11 heteroatoms. The number of rotatable bonds is 14. The minimum atomic E-state index is -4.26. The Morgan fingerprint density at radius 1 is 0.848 bits per heavy atom. The van der Waals surface area contributed by atoms with Crippen molar-refractivity contribution in [3.63, 3.8) is 0 Å². The second-order valence-electron chi connectivity index (χ2n) is 10.8. The van der Waals surface area contributed by atoms with Crippen LogP contribution in [0.2, 0.25) is 10.0 Å². The average molecular weight is 683 g/mol. The molecule has 0 unspecified atom stereocenters. The number of carbonyl (C=O) groups is 2. The molecule has 0 radical (unpaired) electrons. The van der Waals surface area contributed by atoms with Crippen molar-refractivity contribution < 1.29 is 22.7 Å². The van der Waals surface area contributed by atoms with Gasteiger partial charge in [0.25, 0.3) is 10.0 Å². The molecule has 4 aromatic rings. The van der Waals surface area contributed by atoms with E-state index in [1.165, 1.54) is 24.1 Å². The lowest BCUT2D eigenvalue weighted by Crippen LogP contribution is -2.54. The standard InChI is InChI=1S/C35H37Cl2N3O5S/c1-4-25(2)38-35(42)32(22-26-13-7-5-8-14-26)39(23-27-19-20-29(36)30(37)21-27)34(41)24-40(31-17-11-12-18-33(31)45-3)46(43,44)28-15-9-6-10-16-28/h5-21,25,32H,4,22-24H2,1-3H3,(H,38,42)/t25-,32+/m0/s1. The van der Waals surface area contributed by atoms with Gasteiger partial charge < -0.3 is 15.0 Å². The van der Waals surface area contributed by atoms with Crippen molar-refractivity contribution in [1.82, 2.24) is 10.2 Å². The van der Waals surface area contributed by atoms with Gasteiger partial charge in [0.1, 0.15) is 18.3 Å². The summed E-state index contributed by atoms with van der Waals surface area (Å²) in [5.74, 6) is -0.695. The molecule has 0 fully saturated rings. The minimum absolute atomic E-state index is 0.0000818. The van der Waals surface area contributed by atoms with E-state index in [0.717, 1.165) is 9.87 Å². The molecule has 4 rings (SSSR count). The highest BCUT2D eigenvalue weighted by Gasteiger charge is 2.35. The molecule has 46 heavy (non-hydrogen) atoms. The summed E-state index contributed by atoms with van der Waals surface area (Å²) in [5.41, 5.74) is 1.63. The number of hydrogen-bond acceptors (Lipinski definition) is 5. The molecular weight excluding hydrogens is 645 g/mol. The number of sulfonamides is 1. The first-order valence-corrected chi connectivity index (χ1v) is 17.0. The van der Waals surface area contributed by atoms with Crippen molar-refractivity contribution in [2.75, 3.05) is 18.0 Å². The van der Waals surface area contributed by atoms with Crippen LogP contribution in [0.3, 0.4) is 0 Å². The van der Waals surface area contributed by atoms with Crippen LogP contribution >= 0.6 is 23.2 Å². The quantitative estimate of drug-likeness (QED) is 0.159. The summed E-state index contributed by atoms with van der Waals surface area (Å²) in [5, 5.41) is 3.65. The van der Waals surface area contributed by atoms with Crippen LogP contribution in [0, 0.1) is 0 Å². The fourth-order valence-corrected chi connectivity index (χ4v) is 6.66. The van der Waals surface area contributed by atoms with E-state index in [9.17, 15) is 18.0 Å². The summed E-state index contributed by atoms with van der Waals surface area (Å²) < 4.78 is 34.9. The van der Waals surface area contributed by atoms with Gasteiger partial charge in [-0.1, -0.05) is 96.9 Å². The maximum absolute atomic E-state index is 14.6. The summed E-state index contributed by atoms with van der Waals surface area (Å²) in [7, 11) is -2.83. The number of carbonyl (C=O) groups excluding carboxylic acids is 2. The first kappa shape index (κ1) is 34.8. The fraction of sp³-hybridized carbons (Fsp3) is 0.257. The molecule has 0 bridgehead atoms. The molecule has 0 aliphatic rings. The summed E-state index contributed by atoms with van der Waals surface area (Å²) in [6, 6.07) is 27.6. The molecule has 1 N–H and O–H groups in total. The number of benzene rings is 4. The highest BCUT2D eigenvalue weighted by atomic mass is 35.5. The third-order valence-electron chi connectivity index (χ3n) is 7.57. The Bertz CT molecular complexity index is 1740. The number of nitrogens with zero attached hydrogens (tertiary/aromatic N) is 2. The van der Waals surface area contributed by atoms with Crippen LogP contribution in [0.1, 0.15) is 31.4 Å². The average Bonchev–Trinajstić information content (AvgIpc) is 3.07. The maximum Gasteiger partial charge on any atom is 0.264 e. The predicted octanol–water partition coefficient (Wildman–Crippen LogP) is 6.75. The summed E-state index contributed by atoms with van der Waals surface area (Å²) >= 11 is 12.5. The molecule has 0 saturated heterocycles. The van der Waals surface area contributed by atoms with Crippen molar-refractivity contribution in [2.45, 2.75) is 50.2 Å². The van der Waals surface area contributed by atoms with Crippen molar-refractivity contribution in [3.05, 3.63) is 124 Å². The summed E-state index contributed by atoms with van der Waals surface area (Å²) in [4.78, 5) is 29.9. The Morgan fingerprint density at radius 3 is 2.11 bits per heavy atom. The van der Waals surface area contributed by atoms with Crippen molar-refractivity contribution >= 4 is 50.7 Å². The van der Waals surface area contributed by atoms with Crippen LogP contribution in [-0.4, -0.2) is 50.9 Å². The van der Waals surface area contributed by atoms with E-state index in [-0.39, 0.29) is 46.3 Å². The third-order valence-corrected chi connectivity index (χ3v) is 10.1. The van der Waals surface area contributed by atoms with E-state index < -0.39 is 28.5 Å². The molecule has 2 amide bonds. The predicted molar refractivity (Wildman–Crippen MR) is 183 cm³/mol.